The van der Waals surface area contributed by atoms with E-state index in [4.69, 9.17) is 24.8 Å². The molecule has 3 N–H and O–H groups in total. The van der Waals surface area contributed by atoms with Gasteiger partial charge in [0, 0.05) is 12.1 Å². The molecule has 6 nitrogen and oxygen atoms in total. The van der Waals surface area contributed by atoms with Crippen molar-refractivity contribution >= 4 is 16.8 Å². The molecule has 0 aliphatic carbocycles. The number of fused-ring (bicyclic) bond motifs is 1. The summed E-state index contributed by atoms with van der Waals surface area (Å²) in [7, 11) is 3.10. The molecule has 17 heavy (non-hydrogen) atoms. The molecule has 0 saturated heterocycles. The third kappa shape index (κ3) is 1.84. The lowest BCUT2D eigenvalue weighted by Crippen LogP contribution is -2.11. The van der Waals surface area contributed by atoms with Gasteiger partial charge in [0.1, 0.15) is 17.1 Å². The van der Waals surface area contributed by atoms with Crippen LogP contribution in [0.25, 0.3) is 11.0 Å². The molecule has 6 heteroatoms. The maximum Gasteiger partial charge on any atom is 0.205 e. The van der Waals surface area contributed by atoms with E-state index in [1.54, 1.807) is 32.4 Å². The van der Waals surface area contributed by atoms with Crippen LogP contribution in [0.2, 0.25) is 0 Å². The van der Waals surface area contributed by atoms with Crippen molar-refractivity contribution in [2.75, 3.05) is 14.2 Å². The molecule has 0 atom stereocenters. The van der Waals surface area contributed by atoms with Crippen molar-refractivity contribution in [2.45, 2.75) is 0 Å². The molecule has 90 valence electrons. The average Bonchev–Trinajstić information content (AvgIpc) is 2.80. The second kappa shape index (κ2) is 4.25. The van der Waals surface area contributed by atoms with Gasteiger partial charge in [-0.15, -0.1) is 0 Å². The molecule has 0 aliphatic rings. The highest BCUT2D eigenvalue weighted by Gasteiger charge is 2.13. The fourth-order valence-corrected chi connectivity index (χ4v) is 1.54. The summed E-state index contributed by atoms with van der Waals surface area (Å²) in [5, 5.41) is 12.2. The molecule has 0 saturated carbocycles. The Labute approximate surface area is 97.2 Å². The van der Waals surface area contributed by atoms with E-state index >= 15 is 0 Å². The summed E-state index contributed by atoms with van der Waals surface area (Å²) in [4.78, 5) is 0. The van der Waals surface area contributed by atoms with Crippen molar-refractivity contribution in [1.29, 1.82) is 0 Å². The van der Waals surface area contributed by atoms with E-state index in [2.05, 4.69) is 5.16 Å². The van der Waals surface area contributed by atoms with E-state index in [-0.39, 0.29) is 11.6 Å². The Morgan fingerprint density at radius 2 is 2.06 bits per heavy atom. The highest BCUT2D eigenvalue weighted by atomic mass is 16.5. The fourth-order valence-electron chi connectivity index (χ4n) is 1.54. The van der Waals surface area contributed by atoms with Gasteiger partial charge in [0.05, 0.1) is 19.6 Å². The van der Waals surface area contributed by atoms with Gasteiger partial charge in [0.15, 0.2) is 5.76 Å². The Kier molecular flexibility index (Phi) is 2.78. The monoisotopic (exact) mass is 236 g/mol. The molecule has 0 radical (unpaired) electrons. The van der Waals surface area contributed by atoms with Crippen LogP contribution in [-0.2, 0) is 0 Å². The van der Waals surface area contributed by atoms with Gasteiger partial charge < -0.3 is 24.8 Å². The van der Waals surface area contributed by atoms with E-state index in [0.717, 1.165) is 5.39 Å². The van der Waals surface area contributed by atoms with E-state index < -0.39 is 0 Å². The fraction of sp³-hybridized carbons (Fsp3) is 0.182. The standard InChI is InChI=1S/C11H12N2O4/c1-15-6-3-8(16-2)7-5-10(11(12)13-14)17-9(7)4-6/h3-5,14H,1-2H3,(H2,12,13). The van der Waals surface area contributed by atoms with Crippen molar-refractivity contribution in [3.8, 4) is 11.5 Å². The first kappa shape index (κ1) is 11.1. The summed E-state index contributed by atoms with van der Waals surface area (Å²) in [6.07, 6.45) is 0. The number of rotatable bonds is 3. The zero-order chi connectivity index (χ0) is 12.4. The minimum atomic E-state index is -0.0952. The number of benzene rings is 1. The summed E-state index contributed by atoms with van der Waals surface area (Å²) in [6.45, 7) is 0. The van der Waals surface area contributed by atoms with Gasteiger partial charge in [-0.05, 0) is 6.07 Å². The van der Waals surface area contributed by atoms with Crippen LogP contribution in [-0.4, -0.2) is 25.3 Å². The molecule has 2 aromatic rings. The van der Waals surface area contributed by atoms with Gasteiger partial charge in [0.2, 0.25) is 5.84 Å². The predicted octanol–water partition coefficient (Wildman–Crippen LogP) is 1.54. The van der Waals surface area contributed by atoms with Crippen molar-refractivity contribution < 1.29 is 19.1 Å². The first-order valence-corrected chi connectivity index (χ1v) is 4.83. The van der Waals surface area contributed by atoms with Crippen LogP contribution < -0.4 is 15.2 Å². The van der Waals surface area contributed by atoms with Gasteiger partial charge in [-0.25, -0.2) is 0 Å². The van der Waals surface area contributed by atoms with E-state index in [1.807, 2.05) is 0 Å². The topological polar surface area (TPSA) is 90.2 Å². The number of oxime groups is 1. The predicted molar refractivity (Wildman–Crippen MR) is 61.8 cm³/mol. The molecule has 0 bridgehead atoms. The Morgan fingerprint density at radius 1 is 1.29 bits per heavy atom. The highest BCUT2D eigenvalue weighted by Crippen LogP contribution is 2.33. The van der Waals surface area contributed by atoms with E-state index in [1.165, 1.54) is 0 Å². The molecule has 0 aliphatic heterocycles. The SMILES string of the molecule is COc1cc(OC)c2cc(/C(N)=N\O)oc2c1. The molecular formula is C11H12N2O4. The zero-order valence-electron chi connectivity index (χ0n) is 9.43. The first-order valence-electron chi connectivity index (χ1n) is 4.83. The van der Waals surface area contributed by atoms with Crippen LogP contribution in [0.5, 0.6) is 11.5 Å². The number of methoxy groups -OCH3 is 2. The van der Waals surface area contributed by atoms with Gasteiger partial charge in [-0.3, -0.25) is 0 Å². The van der Waals surface area contributed by atoms with Crippen LogP contribution in [0.1, 0.15) is 5.76 Å². The molecule has 0 unspecified atom stereocenters. The minimum Gasteiger partial charge on any atom is -0.496 e. The van der Waals surface area contributed by atoms with Crippen LogP contribution in [0.15, 0.2) is 27.8 Å². The molecule has 2 rings (SSSR count). The van der Waals surface area contributed by atoms with Crippen molar-refractivity contribution in [3.05, 3.63) is 24.0 Å². The Hall–Kier alpha value is -2.37. The lowest BCUT2D eigenvalue weighted by molar-refractivity contribution is 0.317. The third-order valence-corrected chi connectivity index (χ3v) is 2.39. The third-order valence-electron chi connectivity index (χ3n) is 2.39. The van der Waals surface area contributed by atoms with Crippen molar-refractivity contribution in [1.82, 2.24) is 0 Å². The van der Waals surface area contributed by atoms with Gasteiger partial charge >= 0.3 is 0 Å². The second-order valence-corrected chi connectivity index (χ2v) is 3.34. The second-order valence-electron chi connectivity index (χ2n) is 3.34. The van der Waals surface area contributed by atoms with Gasteiger partial charge in [0.25, 0.3) is 0 Å². The maximum atomic E-state index is 8.59. The van der Waals surface area contributed by atoms with Gasteiger partial charge in [-0.1, -0.05) is 5.16 Å². The van der Waals surface area contributed by atoms with Crippen LogP contribution in [0.3, 0.4) is 0 Å². The Morgan fingerprint density at radius 3 is 2.65 bits per heavy atom. The summed E-state index contributed by atoms with van der Waals surface area (Å²) in [6, 6.07) is 5.07. The van der Waals surface area contributed by atoms with Crippen LogP contribution in [0.4, 0.5) is 0 Å². The quantitative estimate of drug-likeness (QED) is 0.365. The van der Waals surface area contributed by atoms with Gasteiger partial charge in [-0.2, -0.15) is 0 Å². The smallest absolute Gasteiger partial charge is 0.205 e. The highest BCUT2D eigenvalue weighted by molar-refractivity contribution is 5.99. The minimum absolute atomic E-state index is 0.0952. The zero-order valence-corrected chi connectivity index (χ0v) is 9.43. The van der Waals surface area contributed by atoms with Crippen molar-refractivity contribution in [2.24, 2.45) is 10.9 Å². The van der Waals surface area contributed by atoms with E-state index in [0.29, 0.717) is 17.1 Å². The number of amidine groups is 1. The van der Waals surface area contributed by atoms with E-state index in [9.17, 15) is 0 Å². The number of nitrogens with two attached hydrogens (primary N) is 1. The lowest BCUT2D eigenvalue weighted by atomic mass is 10.2. The number of ether oxygens (including phenoxy) is 2. The largest absolute Gasteiger partial charge is 0.496 e. The number of hydrogen-bond donors (Lipinski definition) is 2. The molecular weight excluding hydrogens is 224 g/mol. The molecule has 0 fully saturated rings. The maximum absolute atomic E-state index is 8.59. The Balaban J connectivity index is 2.66. The summed E-state index contributed by atoms with van der Waals surface area (Å²) < 4.78 is 15.8. The van der Waals surface area contributed by atoms with Crippen LogP contribution >= 0.6 is 0 Å². The van der Waals surface area contributed by atoms with Crippen LogP contribution in [0, 0.1) is 0 Å². The summed E-state index contributed by atoms with van der Waals surface area (Å²) in [5.41, 5.74) is 6.00. The summed E-state index contributed by atoms with van der Waals surface area (Å²) in [5.74, 6) is 1.38. The van der Waals surface area contributed by atoms with Crippen molar-refractivity contribution in [3.63, 3.8) is 0 Å². The molecule has 1 aromatic heterocycles. The average molecular weight is 236 g/mol. The first-order chi connectivity index (χ1) is 8.19. The lowest BCUT2D eigenvalue weighted by Gasteiger charge is -2.04. The molecule has 1 heterocycles. The number of furan rings is 1. The number of hydrogen-bond acceptors (Lipinski definition) is 5. The normalized spacial score (nSPS) is 11.8. The molecule has 1 aromatic carbocycles. The summed E-state index contributed by atoms with van der Waals surface area (Å²) >= 11 is 0. The Bertz CT molecular complexity index is 574. The number of nitrogens with zero attached hydrogens (tertiary/aromatic N) is 1. The molecule has 0 amide bonds. The molecule has 0 spiro atoms.